The van der Waals surface area contributed by atoms with Gasteiger partial charge in [0.2, 0.25) is 5.91 Å². The lowest BCUT2D eigenvalue weighted by Gasteiger charge is -2.37. The lowest BCUT2D eigenvalue weighted by atomic mass is 9.69. The number of benzene rings is 1. The molecule has 2 rings (SSSR count). The average Bonchev–Trinajstić information content (AvgIpc) is 2.27. The molecule has 0 aromatic heterocycles. The molecular formula is C12H13F2NO3S. The van der Waals surface area contributed by atoms with Crippen molar-refractivity contribution in [3.05, 3.63) is 24.3 Å². The molecule has 0 spiro atoms. The summed E-state index contributed by atoms with van der Waals surface area (Å²) in [7, 11) is -4.82. The van der Waals surface area contributed by atoms with E-state index in [0.29, 0.717) is 12.8 Å². The van der Waals surface area contributed by atoms with Crippen molar-refractivity contribution in [2.45, 2.75) is 24.2 Å². The first-order valence-electron chi connectivity index (χ1n) is 5.80. The highest BCUT2D eigenvalue weighted by Gasteiger charge is 2.44. The molecule has 0 heterocycles. The molecule has 7 heteroatoms. The Bertz CT molecular complexity index is 591. The van der Waals surface area contributed by atoms with Crippen LogP contribution in [0.25, 0.3) is 0 Å². The molecule has 0 atom stereocenters. The molecule has 1 aromatic rings. The summed E-state index contributed by atoms with van der Waals surface area (Å²) in [6.07, 6.45) is 1.73. The minimum Gasteiger partial charge on any atom is -0.325 e. The topological polar surface area (TPSA) is 63.2 Å². The van der Waals surface area contributed by atoms with Gasteiger partial charge in [-0.05, 0) is 31.0 Å². The SMILES string of the molecule is O=C(Nc1cccc(S(=O)(=O)F)c1)C1(CF)CCC1. The van der Waals surface area contributed by atoms with Crippen LogP contribution in [0.4, 0.5) is 14.0 Å². The summed E-state index contributed by atoms with van der Waals surface area (Å²) in [5, 5.41) is 2.44. The molecule has 1 aliphatic rings. The fourth-order valence-electron chi connectivity index (χ4n) is 2.01. The minimum atomic E-state index is -4.82. The lowest BCUT2D eigenvalue weighted by Crippen LogP contribution is -2.43. The molecule has 1 aliphatic carbocycles. The van der Waals surface area contributed by atoms with Gasteiger partial charge in [-0.25, -0.2) is 4.39 Å². The first-order valence-corrected chi connectivity index (χ1v) is 7.18. The minimum absolute atomic E-state index is 0.142. The van der Waals surface area contributed by atoms with Gasteiger partial charge < -0.3 is 5.32 Å². The fraction of sp³-hybridized carbons (Fsp3) is 0.417. The Kier molecular flexibility index (Phi) is 3.58. The molecular weight excluding hydrogens is 276 g/mol. The van der Waals surface area contributed by atoms with E-state index in [-0.39, 0.29) is 5.69 Å². The Balaban J connectivity index is 2.18. The zero-order valence-electron chi connectivity index (χ0n) is 10.0. The van der Waals surface area contributed by atoms with Crippen molar-refractivity contribution in [3.63, 3.8) is 0 Å². The molecule has 1 aromatic carbocycles. The lowest BCUT2D eigenvalue weighted by molar-refractivity contribution is -0.131. The highest BCUT2D eigenvalue weighted by molar-refractivity contribution is 7.86. The van der Waals surface area contributed by atoms with Crippen LogP contribution in [-0.4, -0.2) is 21.0 Å². The number of amides is 1. The van der Waals surface area contributed by atoms with Crippen LogP contribution in [-0.2, 0) is 15.0 Å². The Morgan fingerprint density at radius 3 is 2.53 bits per heavy atom. The summed E-state index contributed by atoms with van der Waals surface area (Å²) in [5.74, 6) is -0.491. The molecule has 19 heavy (non-hydrogen) atoms. The summed E-state index contributed by atoms with van der Waals surface area (Å²) >= 11 is 0. The van der Waals surface area contributed by atoms with Crippen molar-refractivity contribution in [1.82, 2.24) is 0 Å². The number of anilines is 1. The summed E-state index contributed by atoms with van der Waals surface area (Å²) in [5.41, 5.74) is -0.867. The summed E-state index contributed by atoms with van der Waals surface area (Å²) in [4.78, 5) is 11.4. The monoisotopic (exact) mass is 289 g/mol. The summed E-state index contributed by atoms with van der Waals surface area (Å²) < 4.78 is 47.2. The van der Waals surface area contributed by atoms with Crippen molar-refractivity contribution in [2.75, 3.05) is 12.0 Å². The quantitative estimate of drug-likeness (QED) is 0.866. The van der Waals surface area contributed by atoms with E-state index in [1.54, 1.807) is 0 Å². The number of halogens is 2. The first-order chi connectivity index (χ1) is 8.87. The summed E-state index contributed by atoms with van der Waals surface area (Å²) in [6.45, 7) is -0.750. The number of hydrogen-bond donors (Lipinski definition) is 1. The number of carbonyl (C=O) groups is 1. The standard InChI is InChI=1S/C12H13F2NO3S/c13-8-12(5-2-6-12)11(16)15-9-3-1-4-10(7-9)19(14,17)18/h1,3-4,7H,2,5-6,8H2,(H,15,16). The Hall–Kier alpha value is -1.50. The molecule has 1 N–H and O–H groups in total. The molecule has 104 valence electrons. The molecule has 0 bridgehead atoms. The van der Waals surface area contributed by atoms with Crippen LogP contribution in [0.15, 0.2) is 29.2 Å². The van der Waals surface area contributed by atoms with E-state index in [0.717, 1.165) is 18.6 Å². The maximum absolute atomic E-state index is 12.9. The van der Waals surface area contributed by atoms with E-state index in [1.165, 1.54) is 12.1 Å². The van der Waals surface area contributed by atoms with Gasteiger partial charge in [0.1, 0.15) is 11.6 Å². The van der Waals surface area contributed by atoms with Crippen LogP contribution in [0.3, 0.4) is 0 Å². The van der Waals surface area contributed by atoms with Crippen LogP contribution in [0.5, 0.6) is 0 Å². The second-order valence-electron chi connectivity index (χ2n) is 4.69. The van der Waals surface area contributed by atoms with E-state index in [4.69, 9.17) is 0 Å². The van der Waals surface area contributed by atoms with Gasteiger partial charge in [-0.2, -0.15) is 8.42 Å². The molecule has 0 aliphatic heterocycles. The highest BCUT2D eigenvalue weighted by atomic mass is 32.3. The predicted octanol–water partition coefficient (Wildman–Crippen LogP) is 2.42. The van der Waals surface area contributed by atoms with Crippen LogP contribution in [0.1, 0.15) is 19.3 Å². The van der Waals surface area contributed by atoms with Gasteiger partial charge in [-0.3, -0.25) is 4.79 Å². The van der Waals surface area contributed by atoms with Crippen LogP contribution >= 0.6 is 0 Å². The average molecular weight is 289 g/mol. The predicted molar refractivity (Wildman–Crippen MR) is 65.6 cm³/mol. The van der Waals surface area contributed by atoms with Crippen LogP contribution in [0, 0.1) is 5.41 Å². The first kappa shape index (κ1) is 13.9. The molecule has 0 unspecified atom stereocenters. The number of carbonyl (C=O) groups excluding carboxylic acids is 1. The summed E-state index contributed by atoms with van der Waals surface area (Å²) in [6, 6.07) is 4.83. The van der Waals surface area contributed by atoms with Gasteiger partial charge in [0.25, 0.3) is 0 Å². The van der Waals surface area contributed by atoms with Crippen LogP contribution in [0.2, 0.25) is 0 Å². The normalized spacial score (nSPS) is 17.6. The Morgan fingerprint density at radius 2 is 2.05 bits per heavy atom. The fourth-order valence-corrected chi connectivity index (χ4v) is 2.52. The number of rotatable bonds is 4. The third-order valence-corrected chi connectivity index (χ3v) is 4.24. The third-order valence-electron chi connectivity index (χ3n) is 3.42. The van der Waals surface area contributed by atoms with E-state index < -0.39 is 33.1 Å². The zero-order chi connectivity index (χ0) is 14.1. The molecule has 0 saturated heterocycles. The maximum Gasteiger partial charge on any atom is 0.332 e. The molecule has 1 saturated carbocycles. The van der Waals surface area contributed by atoms with Gasteiger partial charge in [-0.1, -0.05) is 12.5 Å². The van der Waals surface area contributed by atoms with Gasteiger partial charge in [0, 0.05) is 5.69 Å². The second kappa shape index (κ2) is 4.88. The number of nitrogens with one attached hydrogen (secondary N) is 1. The van der Waals surface area contributed by atoms with E-state index in [2.05, 4.69) is 5.32 Å². The van der Waals surface area contributed by atoms with Crippen molar-refractivity contribution >= 4 is 21.8 Å². The van der Waals surface area contributed by atoms with Crippen molar-refractivity contribution in [1.29, 1.82) is 0 Å². The van der Waals surface area contributed by atoms with E-state index in [1.807, 2.05) is 0 Å². The number of alkyl halides is 1. The molecule has 1 amide bonds. The molecule has 1 fully saturated rings. The molecule has 4 nitrogen and oxygen atoms in total. The third kappa shape index (κ3) is 2.75. The Labute approximate surface area is 110 Å². The second-order valence-corrected chi connectivity index (χ2v) is 6.03. The zero-order valence-corrected chi connectivity index (χ0v) is 10.8. The van der Waals surface area contributed by atoms with Gasteiger partial charge >= 0.3 is 10.2 Å². The molecule has 0 radical (unpaired) electrons. The van der Waals surface area contributed by atoms with E-state index >= 15 is 0 Å². The highest BCUT2D eigenvalue weighted by Crippen LogP contribution is 2.42. The van der Waals surface area contributed by atoms with Crippen molar-refractivity contribution in [2.24, 2.45) is 5.41 Å². The largest absolute Gasteiger partial charge is 0.332 e. The maximum atomic E-state index is 12.9. The van der Waals surface area contributed by atoms with Crippen molar-refractivity contribution < 1.29 is 21.5 Å². The van der Waals surface area contributed by atoms with Gasteiger partial charge in [-0.15, -0.1) is 3.89 Å². The van der Waals surface area contributed by atoms with E-state index in [9.17, 15) is 21.5 Å². The number of hydrogen-bond acceptors (Lipinski definition) is 3. The van der Waals surface area contributed by atoms with Gasteiger partial charge in [0.15, 0.2) is 0 Å². The van der Waals surface area contributed by atoms with Crippen LogP contribution < -0.4 is 5.32 Å². The van der Waals surface area contributed by atoms with Crippen molar-refractivity contribution in [3.8, 4) is 0 Å². The Morgan fingerprint density at radius 1 is 1.37 bits per heavy atom. The smallest absolute Gasteiger partial charge is 0.325 e. The van der Waals surface area contributed by atoms with Gasteiger partial charge in [0.05, 0.1) is 5.41 Å².